The van der Waals surface area contributed by atoms with Crippen LogP contribution in [0.2, 0.25) is 0 Å². The topological polar surface area (TPSA) is 22.1 Å². The second-order valence-corrected chi connectivity index (χ2v) is 4.90. The molecule has 1 fully saturated rings. The molecule has 3 atom stereocenters. The summed E-state index contributed by atoms with van der Waals surface area (Å²) in [5.41, 5.74) is 2.56. The molecule has 0 spiro atoms. The van der Waals surface area contributed by atoms with Gasteiger partial charge in [-0.1, -0.05) is 17.7 Å². The summed E-state index contributed by atoms with van der Waals surface area (Å²) in [6.07, 6.45) is 6.87. The van der Waals surface area contributed by atoms with Gasteiger partial charge in [0, 0.05) is 12.1 Å². The number of nitrogens with zero attached hydrogens (tertiary/aromatic N) is 1. The van der Waals surface area contributed by atoms with Crippen molar-refractivity contribution in [1.82, 2.24) is 4.98 Å². The maximum atomic E-state index is 6.00. The minimum atomic E-state index is 0.175. The van der Waals surface area contributed by atoms with Crippen molar-refractivity contribution < 1.29 is 4.74 Å². The summed E-state index contributed by atoms with van der Waals surface area (Å²) in [5, 5.41) is 0. The van der Waals surface area contributed by atoms with Crippen LogP contribution in [0.3, 0.4) is 0 Å². The predicted molar refractivity (Wildman–Crippen MR) is 62.9 cm³/mol. The van der Waals surface area contributed by atoms with Crippen molar-refractivity contribution in [1.29, 1.82) is 0 Å². The Morgan fingerprint density at radius 1 is 1.38 bits per heavy atom. The van der Waals surface area contributed by atoms with E-state index in [2.05, 4.69) is 24.1 Å². The number of pyridine rings is 1. The van der Waals surface area contributed by atoms with Gasteiger partial charge in [0.15, 0.2) is 0 Å². The molecule has 3 rings (SSSR count). The third-order valence-electron chi connectivity index (χ3n) is 3.80. The molecule has 1 saturated heterocycles. The lowest BCUT2D eigenvalue weighted by molar-refractivity contribution is -0.0534. The maximum absolute atomic E-state index is 6.00. The number of allylic oxidation sites excluding steroid dienone is 1. The van der Waals surface area contributed by atoms with E-state index in [1.165, 1.54) is 18.4 Å². The smallest absolute Gasteiger partial charge is 0.106 e. The van der Waals surface area contributed by atoms with Gasteiger partial charge in [0.05, 0.1) is 12.3 Å². The van der Waals surface area contributed by atoms with E-state index in [4.69, 9.17) is 4.74 Å². The van der Waals surface area contributed by atoms with Crippen molar-refractivity contribution in [2.75, 3.05) is 6.61 Å². The molecule has 2 aliphatic rings. The lowest BCUT2D eigenvalue weighted by atomic mass is 9.76. The zero-order valence-electron chi connectivity index (χ0n) is 9.60. The van der Waals surface area contributed by atoms with Crippen LogP contribution in [0.1, 0.15) is 31.6 Å². The molecule has 0 saturated carbocycles. The molecule has 0 N–H and O–H groups in total. The van der Waals surface area contributed by atoms with Crippen LogP contribution in [0.15, 0.2) is 36.0 Å². The molecule has 2 nitrogen and oxygen atoms in total. The molecule has 84 valence electrons. The van der Waals surface area contributed by atoms with E-state index in [1.807, 2.05) is 18.3 Å². The lowest BCUT2D eigenvalue weighted by Crippen LogP contribution is -2.32. The van der Waals surface area contributed by atoms with Crippen molar-refractivity contribution in [2.45, 2.75) is 25.9 Å². The van der Waals surface area contributed by atoms with Crippen molar-refractivity contribution in [3.05, 3.63) is 41.7 Å². The van der Waals surface area contributed by atoms with Crippen LogP contribution in [-0.4, -0.2) is 11.6 Å². The third-order valence-corrected chi connectivity index (χ3v) is 3.80. The first-order chi connectivity index (χ1) is 7.84. The summed E-state index contributed by atoms with van der Waals surface area (Å²) in [5.74, 6) is 1.27. The van der Waals surface area contributed by atoms with Gasteiger partial charge in [-0.2, -0.15) is 0 Å². The molecule has 0 amide bonds. The third kappa shape index (κ3) is 1.67. The van der Waals surface area contributed by atoms with Crippen molar-refractivity contribution >= 4 is 0 Å². The van der Waals surface area contributed by atoms with E-state index in [1.54, 1.807) is 0 Å². The van der Waals surface area contributed by atoms with Gasteiger partial charge < -0.3 is 4.74 Å². The van der Waals surface area contributed by atoms with E-state index in [-0.39, 0.29) is 6.10 Å². The summed E-state index contributed by atoms with van der Waals surface area (Å²) >= 11 is 0. The maximum Gasteiger partial charge on any atom is 0.106 e. The van der Waals surface area contributed by atoms with E-state index in [0.29, 0.717) is 5.92 Å². The van der Waals surface area contributed by atoms with Gasteiger partial charge in [-0.3, -0.25) is 4.98 Å². The van der Waals surface area contributed by atoms with Crippen LogP contribution in [0.4, 0.5) is 0 Å². The molecule has 0 unspecified atom stereocenters. The number of hydrogen-bond donors (Lipinski definition) is 0. The molecule has 0 radical (unpaired) electrons. The average Bonchev–Trinajstić information content (AvgIpc) is 2.36. The van der Waals surface area contributed by atoms with Gasteiger partial charge in [-0.05, 0) is 37.8 Å². The number of ether oxygens (including phenoxy) is 1. The molecule has 1 aromatic heterocycles. The summed E-state index contributed by atoms with van der Waals surface area (Å²) < 4.78 is 6.00. The Labute approximate surface area is 96.3 Å². The highest BCUT2D eigenvalue weighted by Crippen LogP contribution is 2.43. The number of rotatable bonds is 1. The van der Waals surface area contributed by atoms with Crippen LogP contribution in [0.5, 0.6) is 0 Å². The Balaban J connectivity index is 1.91. The molecule has 2 bridgehead atoms. The Morgan fingerprint density at radius 2 is 2.31 bits per heavy atom. The first-order valence-electron chi connectivity index (χ1n) is 6.04. The molecular weight excluding hydrogens is 198 g/mol. The van der Waals surface area contributed by atoms with Crippen LogP contribution in [0.25, 0.3) is 0 Å². The zero-order chi connectivity index (χ0) is 11.0. The molecular formula is C14H17NO. The molecule has 1 aromatic rings. The normalized spacial score (nSPS) is 33.3. The van der Waals surface area contributed by atoms with E-state index < -0.39 is 0 Å². The first-order valence-corrected chi connectivity index (χ1v) is 6.04. The van der Waals surface area contributed by atoms with Crippen LogP contribution < -0.4 is 0 Å². The Kier molecular flexibility index (Phi) is 2.52. The summed E-state index contributed by atoms with van der Waals surface area (Å²) in [6.45, 7) is 3.12. The van der Waals surface area contributed by atoms with Gasteiger partial charge in [0.25, 0.3) is 0 Å². The fourth-order valence-corrected chi connectivity index (χ4v) is 2.84. The zero-order valence-corrected chi connectivity index (χ0v) is 9.60. The summed E-state index contributed by atoms with van der Waals surface area (Å²) in [6, 6.07) is 6.07. The number of fused-ring (bicyclic) bond motifs is 2. The number of aromatic nitrogens is 1. The predicted octanol–water partition coefficient (Wildman–Crippen LogP) is 3.13. The highest BCUT2D eigenvalue weighted by atomic mass is 16.5. The Morgan fingerprint density at radius 3 is 3.12 bits per heavy atom. The molecule has 0 aromatic carbocycles. The summed E-state index contributed by atoms with van der Waals surface area (Å²) in [7, 11) is 0. The number of hydrogen-bond acceptors (Lipinski definition) is 2. The van der Waals surface area contributed by atoms with E-state index >= 15 is 0 Å². The molecule has 1 aliphatic heterocycles. The minimum Gasteiger partial charge on any atom is -0.371 e. The van der Waals surface area contributed by atoms with Gasteiger partial charge in [-0.25, -0.2) is 0 Å². The highest BCUT2D eigenvalue weighted by molar-refractivity contribution is 5.18. The van der Waals surface area contributed by atoms with Crippen LogP contribution in [0, 0.1) is 11.8 Å². The largest absolute Gasteiger partial charge is 0.371 e. The first kappa shape index (κ1) is 10.0. The second kappa shape index (κ2) is 4.02. The molecule has 16 heavy (non-hydrogen) atoms. The standard InChI is InChI=1S/C14H17NO/c1-10-5-6-11-8-12(10)14(16-9-11)13-4-2-3-7-15-13/h2-5,7,11-12,14H,6,8-9H2,1H3/t11-,12-,14+/m0/s1. The molecule has 2 heteroatoms. The van der Waals surface area contributed by atoms with E-state index in [0.717, 1.165) is 18.2 Å². The minimum absolute atomic E-state index is 0.175. The SMILES string of the molecule is CC1=CC[C@@H]2CO[C@@H](c3ccccn3)[C@H]1C2. The second-order valence-electron chi connectivity index (χ2n) is 4.90. The van der Waals surface area contributed by atoms with Crippen molar-refractivity contribution in [2.24, 2.45) is 11.8 Å². The van der Waals surface area contributed by atoms with Crippen LogP contribution in [-0.2, 0) is 4.74 Å². The summed E-state index contributed by atoms with van der Waals surface area (Å²) in [4.78, 5) is 4.43. The Bertz CT molecular complexity index is 398. The average molecular weight is 215 g/mol. The fourth-order valence-electron chi connectivity index (χ4n) is 2.84. The highest BCUT2D eigenvalue weighted by Gasteiger charge is 2.35. The molecule has 2 heterocycles. The Hall–Kier alpha value is -1.15. The fraction of sp³-hybridized carbons (Fsp3) is 0.500. The quantitative estimate of drug-likeness (QED) is 0.671. The molecule has 1 aliphatic carbocycles. The van der Waals surface area contributed by atoms with Gasteiger partial charge in [-0.15, -0.1) is 0 Å². The van der Waals surface area contributed by atoms with Crippen molar-refractivity contribution in [3.8, 4) is 0 Å². The monoisotopic (exact) mass is 215 g/mol. The van der Waals surface area contributed by atoms with Gasteiger partial charge in [0.2, 0.25) is 0 Å². The van der Waals surface area contributed by atoms with Crippen molar-refractivity contribution in [3.63, 3.8) is 0 Å². The van der Waals surface area contributed by atoms with Gasteiger partial charge in [0.1, 0.15) is 6.10 Å². The van der Waals surface area contributed by atoms with E-state index in [9.17, 15) is 0 Å². The van der Waals surface area contributed by atoms with Gasteiger partial charge >= 0.3 is 0 Å². The lowest BCUT2D eigenvalue weighted by Gasteiger charge is -2.39. The van der Waals surface area contributed by atoms with Crippen LogP contribution >= 0.6 is 0 Å².